The summed E-state index contributed by atoms with van der Waals surface area (Å²) in [6.45, 7) is 1.30. The summed E-state index contributed by atoms with van der Waals surface area (Å²) >= 11 is 0. The highest BCUT2D eigenvalue weighted by molar-refractivity contribution is 5.91. The third-order valence-corrected chi connectivity index (χ3v) is 1.26. The van der Waals surface area contributed by atoms with Crippen LogP contribution >= 0.6 is 0 Å². The van der Waals surface area contributed by atoms with Crippen LogP contribution in [0.5, 0.6) is 0 Å². The predicted molar refractivity (Wildman–Crippen MR) is 37.0 cm³/mol. The summed E-state index contributed by atoms with van der Waals surface area (Å²) < 4.78 is 23.8. The molecule has 64 valence electrons. The molecule has 1 aromatic rings. The molecule has 0 bridgehead atoms. The third kappa shape index (κ3) is 1.81. The minimum Gasteiger partial charge on any atom is -0.293 e. The zero-order chi connectivity index (χ0) is 9.14. The molecule has 0 aliphatic heterocycles. The summed E-state index contributed by atoms with van der Waals surface area (Å²) in [4.78, 5) is 17.5. The van der Waals surface area contributed by atoms with E-state index in [9.17, 15) is 13.6 Å². The van der Waals surface area contributed by atoms with Gasteiger partial charge in [0.25, 0.3) is 6.43 Å². The first-order valence-electron chi connectivity index (χ1n) is 3.22. The van der Waals surface area contributed by atoms with E-state index in [-0.39, 0.29) is 11.5 Å². The van der Waals surface area contributed by atoms with E-state index in [1.807, 2.05) is 0 Å². The fraction of sp³-hybridized carbons (Fsp3) is 0.286. The van der Waals surface area contributed by atoms with Crippen LogP contribution in [0.1, 0.15) is 29.5 Å². The summed E-state index contributed by atoms with van der Waals surface area (Å²) in [5.41, 5.74) is -0.320. The first-order chi connectivity index (χ1) is 5.61. The Balaban J connectivity index is 2.93. The molecule has 0 aromatic carbocycles. The Morgan fingerprint density at radius 1 is 1.42 bits per heavy atom. The lowest BCUT2D eigenvalue weighted by atomic mass is 10.3. The molecule has 0 aliphatic rings. The lowest BCUT2D eigenvalue weighted by Gasteiger charge is -1.97. The van der Waals surface area contributed by atoms with Gasteiger partial charge in [0.15, 0.2) is 5.78 Å². The van der Waals surface area contributed by atoms with E-state index < -0.39 is 12.1 Å². The van der Waals surface area contributed by atoms with E-state index >= 15 is 0 Å². The van der Waals surface area contributed by atoms with Crippen molar-refractivity contribution in [3.63, 3.8) is 0 Å². The van der Waals surface area contributed by atoms with Crippen molar-refractivity contribution in [1.29, 1.82) is 0 Å². The van der Waals surface area contributed by atoms with Crippen molar-refractivity contribution in [3.05, 3.63) is 23.8 Å². The summed E-state index contributed by atoms with van der Waals surface area (Å²) in [7, 11) is 0. The second-order valence-electron chi connectivity index (χ2n) is 2.18. The van der Waals surface area contributed by atoms with Gasteiger partial charge < -0.3 is 0 Å². The maximum absolute atomic E-state index is 11.9. The Labute approximate surface area is 67.5 Å². The van der Waals surface area contributed by atoms with Crippen LogP contribution in [0.3, 0.4) is 0 Å². The quantitative estimate of drug-likeness (QED) is 0.636. The van der Waals surface area contributed by atoms with Crippen molar-refractivity contribution < 1.29 is 13.6 Å². The minimum atomic E-state index is -2.64. The van der Waals surface area contributed by atoms with E-state index in [0.717, 1.165) is 12.4 Å². The number of hydrogen-bond donors (Lipinski definition) is 0. The van der Waals surface area contributed by atoms with Crippen molar-refractivity contribution in [2.45, 2.75) is 13.3 Å². The highest BCUT2D eigenvalue weighted by Crippen LogP contribution is 2.14. The zero-order valence-corrected chi connectivity index (χ0v) is 6.29. The Bertz CT molecular complexity index is 284. The maximum Gasteiger partial charge on any atom is 0.281 e. The Morgan fingerprint density at radius 2 is 2.08 bits per heavy atom. The normalized spacial score (nSPS) is 10.3. The van der Waals surface area contributed by atoms with Crippen LogP contribution in [0.4, 0.5) is 8.78 Å². The van der Waals surface area contributed by atoms with Gasteiger partial charge in [0.2, 0.25) is 0 Å². The monoisotopic (exact) mass is 172 g/mol. The molecule has 0 N–H and O–H groups in total. The highest BCUT2D eigenvalue weighted by Gasteiger charge is 2.09. The highest BCUT2D eigenvalue weighted by atomic mass is 19.3. The number of ketones is 1. The van der Waals surface area contributed by atoms with E-state index in [4.69, 9.17) is 0 Å². The number of alkyl halides is 2. The molecule has 0 unspecified atom stereocenters. The Morgan fingerprint density at radius 3 is 2.42 bits per heavy atom. The van der Waals surface area contributed by atoms with Gasteiger partial charge in [0.05, 0.1) is 12.4 Å². The van der Waals surface area contributed by atoms with Crippen LogP contribution in [0.25, 0.3) is 0 Å². The summed E-state index contributed by atoms with van der Waals surface area (Å²) in [6, 6.07) is 0. The molecule has 0 atom stereocenters. The van der Waals surface area contributed by atoms with Gasteiger partial charge in [-0.1, -0.05) is 0 Å². The summed E-state index contributed by atoms with van der Waals surface area (Å²) in [6.07, 6.45) is -0.691. The lowest BCUT2D eigenvalue weighted by Crippen LogP contribution is -2.00. The number of aromatic nitrogens is 2. The SMILES string of the molecule is CC(=O)c1cnc(C(F)F)cn1. The van der Waals surface area contributed by atoms with Crippen molar-refractivity contribution in [2.24, 2.45) is 0 Å². The predicted octanol–water partition coefficient (Wildman–Crippen LogP) is 1.62. The van der Waals surface area contributed by atoms with E-state index in [1.165, 1.54) is 6.92 Å². The van der Waals surface area contributed by atoms with Gasteiger partial charge in [0.1, 0.15) is 11.4 Å². The van der Waals surface area contributed by atoms with Crippen LogP contribution in [0.15, 0.2) is 12.4 Å². The first kappa shape index (κ1) is 8.70. The lowest BCUT2D eigenvalue weighted by molar-refractivity contribution is 0.101. The summed E-state index contributed by atoms with van der Waals surface area (Å²) in [5.74, 6) is -0.289. The van der Waals surface area contributed by atoms with E-state index in [1.54, 1.807) is 0 Å². The molecule has 0 saturated carbocycles. The summed E-state index contributed by atoms with van der Waals surface area (Å²) in [5, 5.41) is 0. The number of rotatable bonds is 2. The largest absolute Gasteiger partial charge is 0.293 e. The molecule has 1 heterocycles. The molecule has 3 nitrogen and oxygen atoms in total. The van der Waals surface area contributed by atoms with Gasteiger partial charge in [-0.05, 0) is 0 Å². The van der Waals surface area contributed by atoms with Crippen LogP contribution in [-0.2, 0) is 0 Å². The smallest absolute Gasteiger partial charge is 0.281 e. The van der Waals surface area contributed by atoms with Crippen LogP contribution in [0, 0.1) is 0 Å². The second kappa shape index (κ2) is 3.34. The molecular weight excluding hydrogens is 166 g/mol. The van der Waals surface area contributed by atoms with Gasteiger partial charge in [0, 0.05) is 6.92 Å². The fourth-order valence-corrected chi connectivity index (χ4v) is 0.633. The standard InChI is InChI=1S/C7H6F2N2O/c1-4(12)5-2-11-6(3-10-5)7(8)9/h2-3,7H,1H3. The molecule has 0 aliphatic carbocycles. The molecule has 5 heteroatoms. The topological polar surface area (TPSA) is 42.9 Å². The Kier molecular flexibility index (Phi) is 2.42. The van der Waals surface area contributed by atoms with Crippen molar-refractivity contribution in [2.75, 3.05) is 0 Å². The van der Waals surface area contributed by atoms with Crippen LogP contribution in [-0.4, -0.2) is 15.8 Å². The molecule has 0 amide bonds. The third-order valence-electron chi connectivity index (χ3n) is 1.26. The number of hydrogen-bond acceptors (Lipinski definition) is 3. The number of carbonyl (C=O) groups is 1. The number of Topliss-reactive ketones (excluding diaryl/α,β-unsaturated/α-hetero) is 1. The van der Waals surface area contributed by atoms with Gasteiger partial charge >= 0.3 is 0 Å². The maximum atomic E-state index is 11.9. The molecule has 12 heavy (non-hydrogen) atoms. The van der Waals surface area contributed by atoms with Gasteiger partial charge in [-0.15, -0.1) is 0 Å². The van der Waals surface area contributed by atoms with Crippen LogP contribution in [0.2, 0.25) is 0 Å². The molecule has 0 spiro atoms. The minimum absolute atomic E-state index is 0.0967. The fourth-order valence-electron chi connectivity index (χ4n) is 0.633. The molecule has 0 saturated heterocycles. The number of halogens is 2. The average molecular weight is 172 g/mol. The van der Waals surface area contributed by atoms with Gasteiger partial charge in [-0.2, -0.15) is 0 Å². The molecule has 1 aromatic heterocycles. The van der Waals surface area contributed by atoms with Crippen molar-refractivity contribution in [1.82, 2.24) is 9.97 Å². The van der Waals surface area contributed by atoms with Crippen molar-refractivity contribution >= 4 is 5.78 Å². The van der Waals surface area contributed by atoms with Crippen molar-refractivity contribution in [3.8, 4) is 0 Å². The van der Waals surface area contributed by atoms with E-state index in [2.05, 4.69) is 9.97 Å². The number of carbonyl (C=O) groups excluding carboxylic acids is 1. The van der Waals surface area contributed by atoms with Gasteiger partial charge in [-0.3, -0.25) is 9.78 Å². The average Bonchev–Trinajstić information content (AvgIpc) is 2.04. The molecule has 1 rings (SSSR count). The second-order valence-corrected chi connectivity index (χ2v) is 2.18. The van der Waals surface area contributed by atoms with E-state index in [0.29, 0.717) is 0 Å². The molecule has 0 radical (unpaired) electrons. The van der Waals surface area contributed by atoms with Crippen LogP contribution < -0.4 is 0 Å². The Hall–Kier alpha value is -1.39. The zero-order valence-electron chi connectivity index (χ0n) is 6.29. The molecule has 0 fully saturated rings. The van der Waals surface area contributed by atoms with Gasteiger partial charge in [-0.25, -0.2) is 13.8 Å². The molecular formula is C7H6F2N2O. The first-order valence-corrected chi connectivity index (χ1v) is 3.22. The number of nitrogens with zero attached hydrogens (tertiary/aromatic N) is 2.